The summed E-state index contributed by atoms with van der Waals surface area (Å²) in [5, 5.41) is 0. The van der Waals surface area contributed by atoms with Crippen molar-refractivity contribution in [3.8, 4) is 0 Å². The second-order valence-electron chi connectivity index (χ2n) is 7.06. The van der Waals surface area contributed by atoms with E-state index in [0.29, 0.717) is 17.8 Å². The monoisotopic (exact) mass is 314 g/mol. The van der Waals surface area contributed by atoms with Gasteiger partial charge in [-0.2, -0.15) is 0 Å². The lowest BCUT2D eigenvalue weighted by Gasteiger charge is -2.33. The lowest BCUT2D eigenvalue weighted by Crippen LogP contribution is -2.41. The molecule has 0 radical (unpaired) electrons. The normalized spacial score (nSPS) is 36.0. The summed E-state index contributed by atoms with van der Waals surface area (Å²) in [5.74, 6) is 2.03. The van der Waals surface area contributed by atoms with Gasteiger partial charge in [-0.05, 0) is 56.4 Å². The number of aliphatic imine (C=N–C) groups is 1. The first-order valence-electron chi connectivity index (χ1n) is 9.43. The number of hydrogen-bond donors (Lipinski definition) is 1. The number of allylic oxidation sites excluding steroid dienone is 6. The van der Waals surface area contributed by atoms with Gasteiger partial charge in [0.15, 0.2) is 0 Å². The van der Waals surface area contributed by atoms with Gasteiger partial charge in [0.2, 0.25) is 0 Å². The Bertz CT molecular complexity index is 494. The van der Waals surface area contributed by atoms with Crippen LogP contribution in [0, 0.1) is 23.7 Å². The molecular formula is C21H34N2. The molecule has 0 aromatic heterocycles. The Balaban J connectivity index is 2.36. The number of nitrogens with zero attached hydrogens (tertiary/aromatic N) is 1. The first-order valence-corrected chi connectivity index (χ1v) is 9.43. The third-order valence-corrected chi connectivity index (χ3v) is 5.51. The van der Waals surface area contributed by atoms with Crippen LogP contribution in [-0.4, -0.2) is 18.3 Å². The van der Waals surface area contributed by atoms with Gasteiger partial charge in [-0.3, -0.25) is 4.99 Å². The highest BCUT2D eigenvalue weighted by Gasteiger charge is 2.35. The van der Waals surface area contributed by atoms with Gasteiger partial charge in [-0.25, -0.2) is 0 Å². The van der Waals surface area contributed by atoms with Crippen LogP contribution in [0.2, 0.25) is 0 Å². The minimum absolute atomic E-state index is 0.219. The van der Waals surface area contributed by atoms with Crippen LogP contribution in [0.1, 0.15) is 53.4 Å². The maximum atomic E-state index is 6.69. The molecule has 0 aliphatic heterocycles. The fourth-order valence-corrected chi connectivity index (χ4v) is 3.84. The maximum absolute atomic E-state index is 6.69. The van der Waals surface area contributed by atoms with Crippen LogP contribution in [0.3, 0.4) is 0 Å². The Morgan fingerprint density at radius 1 is 1.26 bits per heavy atom. The summed E-state index contributed by atoms with van der Waals surface area (Å²) in [7, 11) is 0. The summed E-state index contributed by atoms with van der Waals surface area (Å²) in [6.07, 6.45) is 16.1. The molecule has 0 aromatic rings. The smallest absolute Gasteiger partial charge is 0.0451 e. The van der Waals surface area contributed by atoms with Gasteiger partial charge in [0.25, 0.3) is 0 Å². The van der Waals surface area contributed by atoms with Crippen molar-refractivity contribution in [3.05, 3.63) is 36.0 Å². The summed E-state index contributed by atoms with van der Waals surface area (Å²) < 4.78 is 0. The van der Waals surface area contributed by atoms with Crippen molar-refractivity contribution in [2.24, 2.45) is 34.4 Å². The topological polar surface area (TPSA) is 38.4 Å². The molecule has 4 atom stereocenters. The molecule has 0 amide bonds. The predicted octanol–water partition coefficient (Wildman–Crippen LogP) is 4.93. The second kappa shape index (κ2) is 8.63. The number of nitrogens with two attached hydrogens (primary N) is 1. The molecule has 23 heavy (non-hydrogen) atoms. The van der Waals surface area contributed by atoms with E-state index in [4.69, 9.17) is 10.7 Å². The largest absolute Gasteiger partial charge is 0.327 e. The van der Waals surface area contributed by atoms with Crippen molar-refractivity contribution in [1.82, 2.24) is 0 Å². The molecule has 1 fully saturated rings. The van der Waals surface area contributed by atoms with Gasteiger partial charge in [0, 0.05) is 24.2 Å². The molecular weight excluding hydrogens is 280 g/mol. The molecule has 2 nitrogen and oxygen atoms in total. The third kappa shape index (κ3) is 4.44. The van der Waals surface area contributed by atoms with E-state index in [1.807, 2.05) is 0 Å². The Kier molecular flexibility index (Phi) is 6.83. The highest BCUT2D eigenvalue weighted by molar-refractivity contribution is 6.03. The molecule has 2 heteroatoms. The fourth-order valence-electron chi connectivity index (χ4n) is 3.84. The van der Waals surface area contributed by atoms with Crippen LogP contribution in [0.5, 0.6) is 0 Å². The fraction of sp³-hybridized carbons (Fsp3) is 0.667. The molecule has 128 valence electrons. The first kappa shape index (κ1) is 18.2. The average Bonchev–Trinajstić information content (AvgIpc) is 3.37. The summed E-state index contributed by atoms with van der Waals surface area (Å²) in [6, 6.07) is 0.219. The summed E-state index contributed by atoms with van der Waals surface area (Å²) in [5.41, 5.74) is 9.45. The van der Waals surface area contributed by atoms with Crippen LogP contribution in [0.25, 0.3) is 0 Å². The zero-order valence-corrected chi connectivity index (χ0v) is 15.3. The van der Waals surface area contributed by atoms with Gasteiger partial charge in [0.05, 0.1) is 0 Å². The van der Waals surface area contributed by atoms with Gasteiger partial charge in [-0.1, -0.05) is 50.6 Å². The molecule has 2 aliphatic rings. The number of rotatable bonds is 5. The van der Waals surface area contributed by atoms with Gasteiger partial charge in [-0.15, -0.1) is 0 Å². The van der Waals surface area contributed by atoms with E-state index in [9.17, 15) is 0 Å². The van der Waals surface area contributed by atoms with Gasteiger partial charge >= 0.3 is 0 Å². The minimum Gasteiger partial charge on any atom is -0.327 e. The molecule has 0 bridgehead atoms. The average molecular weight is 315 g/mol. The zero-order chi connectivity index (χ0) is 16.8. The van der Waals surface area contributed by atoms with Crippen molar-refractivity contribution >= 4 is 5.71 Å². The van der Waals surface area contributed by atoms with E-state index < -0.39 is 0 Å². The van der Waals surface area contributed by atoms with E-state index >= 15 is 0 Å². The summed E-state index contributed by atoms with van der Waals surface area (Å²) >= 11 is 0. The quantitative estimate of drug-likeness (QED) is 0.718. The van der Waals surface area contributed by atoms with Crippen molar-refractivity contribution in [2.75, 3.05) is 6.54 Å². The van der Waals surface area contributed by atoms with Crippen LogP contribution in [0.4, 0.5) is 0 Å². The van der Waals surface area contributed by atoms with E-state index in [0.717, 1.165) is 25.3 Å². The molecule has 0 aromatic carbocycles. The predicted molar refractivity (Wildman–Crippen MR) is 102 cm³/mol. The molecule has 2 N–H and O–H groups in total. The maximum Gasteiger partial charge on any atom is 0.0451 e. The molecule has 1 saturated carbocycles. The Morgan fingerprint density at radius 3 is 2.57 bits per heavy atom. The first-order chi connectivity index (χ1) is 11.1. The van der Waals surface area contributed by atoms with E-state index in [-0.39, 0.29) is 6.04 Å². The number of hydrogen-bond acceptors (Lipinski definition) is 2. The molecule has 2 rings (SSSR count). The summed E-state index contributed by atoms with van der Waals surface area (Å²) in [6.45, 7) is 9.72. The molecule has 0 heterocycles. The minimum atomic E-state index is 0.219. The van der Waals surface area contributed by atoms with Crippen LogP contribution in [0.15, 0.2) is 40.9 Å². The SMILES string of the molecule is C/C=C(/C(=N/CC)C1/C=C\C=C/CC(CC)C(N)C1C)C1CC1. The van der Waals surface area contributed by atoms with Gasteiger partial charge < -0.3 is 5.73 Å². The molecule has 0 saturated heterocycles. The van der Waals surface area contributed by atoms with Gasteiger partial charge in [0.1, 0.15) is 0 Å². The van der Waals surface area contributed by atoms with Crippen LogP contribution < -0.4 is 5.73 Å². The lowest BCUT2D eigenvalue weighted by atomic mass is 9.75. The van der Waals surface area contributed by atoms with Crippen molar-refractivity contribution in [2.45, 2.75) is 59.4 Å². The lowest BCUT2D eigenvalue weighted by molar-refractivity contribution is 0.298. The van der Waals surface area contributed by atoms with E-state index in [1.165, 1.54) is 24.1 Å². The highest BCUT2D eigenvalue weighted by Crippen LogP contribution is 2.40. The summed E-state index contributed by atoms with van der Waals surface area (Å²) in [4.78, 5) is 4.94. The Hall–Kier alpha value is -1.15. The second-order valence-corrected chi connectivity index (χ2v) is 7.06. The Labute approximate surface area is 142 Å². The third-order valence-electron chi connectivity index (χ3n) is 5.51. The van der Waals surface area contributed by atoms with Crippen molar-refractivity contribution < 1.29 is 0 Å². The van der Waals surface area contributed by atoms with Crippen molar-refractivity contribution in [1.29, 1.82) is 0 Å². The van der Waals surface area contributed by atoms with Crippen LogP contribution >= 0.6 is 0 Å². The Morgan fingerprint density at radius 2 is 2.00 bits per heavy atom. The van der Waals surface area contributed by atoms with Crippen molar-refractivity contribution in [3.63, 3.8) is 0 Å². The van der Waals surface area contributed by atoms with Crippen LogP contribution in [-0.2, 0) is 0 Å². The van der Waals surface area contributed by atoms with E-state index in [2.05, 4.69) is 58.1 Å². The van der Waals surface area contributed by atoms with E-state index in [1.54, 1.807) is 0 Å². The molecule has 2 aliphatic carbocycles. The molecule has 0 spiro atoms. The zero-order valence-electron chi connectivity index (χ0n) is 15.3. The molecule has 4 unspecified atom stereocenters. The standard InChI is InChI=1S/C21H34N2/c1-5-16-11-9-8-10-12-19(15(4)20(16)22)21(23-7-3)18(6-2)17-13-14-17/h6,8-10,12,15-17,19-20H,5,7,11,13-14,22H2,1-4H3/b9-8-,12-10-,18-6+,23-21-. The highest BCUT2D eigenvalue weighted by atomic mass is 14.8.